The molecule has 0 aliphatic rings. The van der Waals surface area contributed by atoms with Crippen LogP contribution in [0.3, 0.4) is 0 Å². The molecule has 0 radical (unpaired) electrons. The standard InChI is InChI=1S/C22H26N4O5S/c1-13-6-7-14(2)20(10-13)32(29,30)25-17-11-19(22(27)28)21(23-12-17)26(5)9-8-18-15(3)24-31-16(18)4/h6-7,10-12,25H,8-9H2,1-5H3,(H,27,28). The van der Waals surface area contributed by atoms with Crippen molar-refractivity contribution in [2.45, 2.75) is 39.0 Å². The third-order valence-corrected chi connectivity index (χ3v) is 6.75. The fourth-order valence-corrected chi connectivity index (χ4v) is 4.79. The van der Waals surface area contributed by atoms with E-state index in [1.807, 2.05) is 19.9 Å². The minimum atomic E-state index is -3.91. The van der Waals surface area contributed by atoms with Crippen molar-refractivity contribution in [2.75, 3.05) is 23.2 Å². The molecule has 0 saturated heterocycles. The van der Waals surface area contributed by atoms with Crippen LogP contribution >= 0.6 is 0 Å². The number of aromatic carboxylic acids is 1. The van der Waals surface area contributed by atoms with Crippen molar-refractivity contribution in [3.63, 3.8) is 0 Å². The van der Waals surface area contributed by atoms with Gasteiger partial charge in [0.1, 0.15) is 17.1 Å². The van der Waals surface area contributed by atoms with Crippen LogP contribution < -0.4 is 9.62 Å². The monoisotopic (exact) mass is 458 g/mol. The highest BCUT2D eigenvalue weighted by Crippen LogP contribution is 2.25. The zero-order valence-corrected chi connectivity index (χ0v) is 19.4. The molecule has 1 aromatic carbocycles. The van der Waals surface area contributed by atoms with Gasteiger partial charge in [-0.1, -0.05) is 17.3 Å². The fourth-order valence-electron chi connectivity index (χ4n) is 3.43. The zero-order chi connectivity index (χ0) is 23.6. The van der Waals surface area contributed by atoms with Crippen molar-refractivity contribution in [2.24, 2.45) is 0 Å². The van der Waals surface area contributed by atoms with Crippen LogP contribution in [0.25, 0.3) is 0 Å². The Labute approximate surface area is 187 Å². The number of rotatable bonds is 8. The van der Waals surface area contributed by atoms with Gasteiger partial charge in [0, 0.05) is 19.2 Å². The van der Waals surface area contributed by atoms with Gasteiger partial charge < -0.3 is 14.5 Å². The Morgan fingerprint density at radius 3 is 2.53 bits per heavy atom. The first kappa shape index (κ1) is 23.3. The molecule has 2 heterocycles. The second-order valence-corrected chi connectivity index (χ2v) is 9.40. The summed E-state index contributed by atoms with van der Waals surface area (Å²) in [5, 5.41) is 13.6. The van der Waals surface area contributed by atoms with Gasteiger partial charge in [-0.05, 0) is 57.4 Å². The highest BCUT2D eigenvalue weighted by Gasteiger charge is 2.21. The molecule has 170 valence electrons. The van der Waals surface area contributed by atoms with E-state index in [0.29, 0.717) is 18.5 Å². The lowest BCUT2D eigenvalue weighted by atomic mass is 10.1. The van der Waals surface area contributed by atoms with E-state index in [-0.39, 0.29) is 22.0 Å². The lowest BCUT2D eigenvalue weighted by molar-refractivity contribution is 0.0697. The SMILES string of the molecule is Cc1ccc(C)c(S(=O)(=O)Nc2cnc(N(C)CCc3c(C)noc3C)c(C(=O)O)c2)c1. The Morgan fingerprint density at radius 2 is 1.91 bits per heavy atom. The van der Waals surface area contributed by atoms with Gasteiger partial charge in [0.15, 0.2) is 0 Å². The summed E-state index contributed by atoms with van der Waals surface area (Å²) < 4.78 is 33.3. The number of hydrogen-bond acceptors (Lipinski definition) is 7. The quantitative estimate of drug-likeness (QED) is 0.525. The molecule has 0 aliphatic carbocycles. The molecule has 2 aromatic heterocycles. The largest absolute Gasteiger partial charge is 0.478 e. The van der Waals surface area contributed by atoms with Gasteiger partial charge in [0.25, 0.3) is 10.0 Å². The Kier molecular flexibility index (Phi) is 6.54. The third kappa shape index (κ3) is 4.91. The maximum Gasteiger partial charge on any atom is 0.339 e. The summed E-state index contributed by atoms with van der Waals surface area (Å²) in [5.74, 6) is -0.248. The summed E-state index contributed by atoms with van der Waals surface area (Å²) in [6.07, 6.45) is 1.91. The number of pyridine rings is 1. The van der Waals surface area contributed by atoms with Gasteiger partial charge in [-0.25, -0.2) is 18.2 Å². The second kappa shape index (κ2) is 8.99. The first-order valence-electron chi connectivity index (χ1n) is 9.96. The van der Waals surface area contributed by atoms with Gasteiger partial charge in [-0.2, -0.15) is 0 Å². The number of hydrogen-bond donors (Lipinski definition) is 2. The van der Waals surface area contributed by atoms with E-state index in [1.54, 1.807) is 37.9 Å². The van der Waals surface area contributed by atoms with Crippen LogP contribution in [0.4, 0.5) is 11.5 Å². The maximum absolute atomic E-state index is 12.9. The normalized spacial score (nSPS) is 11.4. The van der Waals surface area contributed by atoms with Crippen molar-refractivity contribution in [1.82, 2.24) is 10.1 Å². The van der Waals surface area contributed by atoms with E-state index in [0.717, 1.165) is 22.6 Å². The highest BCUT2D eigenvalue weighted by atomic mass is 32.2. The molecule has 0 spiro atoms. The molecule has 0 amide bonds. The van der Waals surface area contributed by atoms with E-state index in [9.17, 15) is 18.3 Å². The van der Waals surface area contributed by atoms with Crippen LogP contribution in [0.1, 0.15) is 38.5 Å². The average molecular weight is 459 g/mol. The van der Waals surface area contributed by atoms with E-state index < -0.39 is 16.0 Å². The summed E-state index contributed by atoms with van der Waals surface area (Å²) >= 11 is 0. The number of nitrogens with one attached hydrogen (secondary N) is 1. The molecular formula is C22H26N4O5S. The predicted octanol–water partition coefficient (Wildman–Crippen LogP) is 3.48. The second-order valence-electron chi connectivity index (χ2n) is 7.75. The Balaban J connectivity index is 1.85. The van der Waals surface area contributed by atoms with Gasteiger partial charge >= 0.3 is 5.97 Å². The first-order valence-corrected chi connectivity index (χ1v) is 11.4. The molecule has 10 heteroatoms. The molecular weight excluding hydrogens is 432 g/mol. The summed E-state index contributed by atoms with van der Waals surface area (Å²) in [4.78, 5) is 18.0. The van der Waals surface area contributed by atoms with Crippen LogP contribution in [-0.4, -0.2) is 43.2 Å². The number of carboxylic acids is 1. The number of likely N-dealkylation sites (N-methyl/N-ethyl adjacent to an activating group) is 1. The van der Waals surface area contributed by atoms with Crippen molar-refractivity contribution >= 4 is 27.5 Å². The number of carboxylic acid groups (broad SMARTS) is 1. The van der Waals surface area contributed by atoms with Crippen molar-refractivity contribution in [3.8, 4) is 0 Å². The Bertz CT molecular complexity index is 1250. The Hall–Kier alpha value is -3.40. The summed E-state index contributed by atoms with van der Waals surface area (Å²) in [6, 6.07) is 6.40. The van der Waals surface area contributed by atoms with Gasteiger partial charge in [0.05, 0.1) is 22.5 Å². The molecule has 0 fully saturated rings. The molecule has 0 saturated carbocycles. The highest BCUT2D eigenvalue weighted by molar-refractivity contribution is 7.92. The summed E-state index contributed by atoms with van der Waals surface area (Å²) in [6.45, 7) is 7.65. The predicted molar refractivity (Wildman–Crippen MR) is 121 cm³/mol. The molecule has 32 heavy (non-hydrogen) atoms. The maximum atomic E-state index is 12.9. The van der Waals surface area contributed by atoms with Crippen molar-refractivity contribution in [1.29, 1.82) is 0 Å². The molecule has 3 aromatic rings. The lowest BCUT2D eigenvalue weighted by Gasteiger charge is -2.20. The van der Waals surface area contributed by atoms with E-state index in [2.05, 4.69) is 14.9 Å². The van der Waals surface area contributed by atoms with Crippen LogP contribution in [0.2, 0.25) is 0 Å². The molecule has 2 N–H and O–H groups in total. The number of sulfonamides is 1. The summed E-state index contributed by atoms with van der Waals surface area (Å²) in [5.41, 5.74) is 3.12. The number of benzene rings is 1. The number of aryl methyl sites for hydroxylation is 4. The summed E-state index contributed by atoms with van der Waals surface area (Å²) in [7, 11) is -2.18. The van der Waals surface area contributed by atoms with E-state index in [4.69, 9.17) is 4.52 Å². The van der Waals surface area contributed by atoms with Crippen LogP contribution in [0, 0.1) is 27.7 Å². The zero-order valence-electron chi connectivity index (χ0n) is 18.6. The molecule has 3 rings (SSSR count). The van der Waals surface area contributed by atoms with Crippen molar-refractivity contribution < 1.29 is 22.8 Å². The van der Waals surface area contributed by atoms with Crippen LogP contribution in [0.5, 0.6) is 0 Å². The van der Waals surface area contributed by atoms with Gasteiger partial charge in [0.2, 0.25) is 0 Å². The van der Waals surface area contributed by atoms with Crippen molar-refractivity contribution in [3.05, 3.63) is 64.2 Å². The minimum Gasteiger partial charge on any atom is -0.478 e. The molecule has 0 aliphatic heterocycles. The number of carbonyl (C=O) groups is 1. The molecule has 0 atom stereocenters. The topological polar surface area (TPSA) is 126 Å². The van der Waals surface area contributed by atoms with Gasteiger partial charge in [-0.3, -0.25) is 4.72 Å². The first-order chi connectivity index (χ1) is 15.0. The molecule has 0 unspecified atom stereocenters. The fraction of sp³-hybridized carbons (Fsp3) is 0.318. The lowest BCUT2D eigenvalue weighted by Crippen LogP contribution is -2.24. The van der Waals surface area contributed by atoms with Gasteiger partial charge in [-0.15, -0.1) is 0 Å². The van der Waals surface area contributed by atoms with E-state index in [1.165, 1.54) is 12.3 Å². The number of anilines is 2. The van der Waals surface area contributed by atoms with Crippen LogP contribution in [0.15, 0.2) is 39.9 Å². The molecule has 9 nitrogen and oxygen atoms in total. The Morgan fingerprint density at radius 1 is 1.19 bits per heavy atom. The third-order valence-electron chi connectivity index (χ3n) is 5.22. The average Bonchev–Trinajstić information content (AvgIpc) is 3.05. The van der Waals surface area contributed by atoms with Crippen LogP contribution in [-0.2, 0) is 16.4 Å². The number of nitrogens with zero attached hydrogens (tertiary/aromatic N) is 3. The molecule has 0 bridgehead atoms. The van der Waals surface area contributed by atoms with E-state index >= 15 is 0 Å². The minimum absolute atomic E-state index is 0.0752. The smallest absolute Gasteiger partial charge is 0.339 e. The number of aromatic nitrogens is 2.